The van der Waals surface area contributed by atoms with Crippen LogP contribution >= 0.6 is 0 Å². The summed E-state index contributed by atoms with van der Waals surface area (Å²) in [6.07, 6.45) is 0.765. The molecule has 2 aromatic rings. The van der Waals surface area contributed by atoms with Crippen molar-refractivity contribution in [3.63, 3.8) is 0 Å². The molecule has 0 saturated heterocycles. The molecule has 3 N–H and O–H groups in total. The van der Waals surface area contributed by atoms with Crippen molar-refractivity contribution in [3.8, 4) is 0 Å². The first-order chi connectivity index (χ1) is 10.2. The van der Waals surface area contributed by atoms with Gasteiger partial charge in [-0.25, -0.2) is 0 Å². The van der Waals surface area contributed by atoms with Gasteiger partial charge in [-0.05, 0) is 36.7 Å². The normalized spacial score (nSPS) is 10.4. The van der Waals surface area contributed by atoms with Gasteiger partial charge in [-0.1, -0.05) is 30.3 Å². The molecule has 4 nitrogen and oxygen atoms in total. The zero-order valence-electron chi connectivity index (χ0n) is 12.1. The van der Waals surface area contributed by atoms with Crippen LogP contribution in [0.25, 0.3) is 0 Å². The summed E-state index contributed by atoms with van der Waals surface area (Å²) in [6.45, 7) is 1.03. The van der Waals surface area contributed by atoms with E-state index >= 15 is 0 Å². The zero-order valence-corrected chi connectivity index (χ0v) is 12.1. The topological polar surface area (TPSA) is 64.3 Å². The van der Waals surface area contributed by atoms with E-state index < -0.39 is 0 Å². The van der Waals surface area contributed by atoms with E-state index in [0.717, 1.165) is 23.2 Å². The number of ether oxygens (including phenoxy) is 1. The van der Waals surface area contributed by atoms with Gasteiger partial charge in [-0.15, -0.1) is 0 Å². The van der Waals surface area contributed by atoms with Crippen molar-refractivity contribution in [1.29, 1.82) is 0 Å². The van der Waals surface area contributed by atoms with Crippen LogP contribution in [0.3, 0.4) is 0 Å². The maximum absolute atomic E-state index is 12.3. The molecule has 110 valence electrons. The van der Waals surface area contributed by atoms with Crippen molar-refractivity contribution in [2.75, 3.05) is 19.0 Å². The van der Waals surface area contributed by atoms with E-state index in [9.17, 15) is 4.79 Å². The van der Waals surface area contributed by atoms with Crippen LogP contribution in [0.1, 0.15) is 21.5 Å². The summed E-state index contributed by atoms with van der Waals surface area (Å²) < 4.78 is 5.14. The van der Waals surface area contributed by atoms with Crippen molar-refractivity contribution in [1.82, 2.24) is 0 Å². The smallest absolute Gasteiger partial charge is 0.255 e. The Kier molecular flexibility index (Phi) is 5.49. The minimum Gasteiger partial charge on any atom is -0.380 e. The van der Waals surface area contributed by atoms with Gasteiger partial charge in [0, 0.05) is 23.9 Å². The molecule has 0 saturated carbocycles. The molecule has 0 aliphatic heterocycles. The SMILES string of the molecule is COCc1ccccc1NC(=O)c1cccc(CCN)c1. The lowest BCUT2D eigenvalue weighted by Gasteiger charge is -2.11. The molecule has 0 bridgehead atoms. The molecule has 21 heavy (non-hydrogen) atoms. The Bertz CT molecular complexity index is 611. The Morgan fingerprint density at radius 1 is 1.19 bits per heavy atom. The van der Waals surface area contributed by atoms with E-state index in [0.29, 0.717) is 18.7 Å². The zero-order chi connectivity index (χ0) is 15.1. The molecular formula is C17H20N2O2. The van der Waals surface area contributed by atoms with E-state index in [2.05, 4.69) is 5.32 Å². The molecule has 0 spiro atoms. The fraction of sp³-hybridized carbons (Fsp3) is 0.235. The van der Waals surface area contributed by atoms with E-state index in [4.69, 9.17) is 10.5 Å². The van der Waals surface area contributed by atoms with Crippen molar-refractivity contribution in [3.05, 3.63) is 65.2 Å². The first-order valence-electron chi connectivity index (χ1n) is 6.92. The van der Waals surface area contributed by atoms with E-state index in [-0.39, 0.29) is 5.91 Å². The maximum atomic E-state index is 12.3. The molecule has 0 heterocycles. The summed E-state index contributed by atoms with van der Waals surface area (Å²) in [4.78, 5) is 12.3. The maximum Gasteiger partial charge on any atom is 0.255 e. The highest BCUT2D eigenvalue weighted by Crippen LogP contribution is 2.17. The summed E-state index contributed by atoms with van der Waals surface area (Å²) in [5, 5.41) is 2.93. The third kappa shape index (κ3) is 4.15. The lowest BCUT2D eigenvalue weighted by Crippen LogP contribution is -2.14. The Labute approximate surface area is 124 Å². The van der Waals surface area contributed by atoms with Crippen LogP contribution in [0.2, 0.25) is 0 Å². The number of methoxy groups -OCH3 is 1. The van der Waals surface area contributed by atoms with Gasteiger partial charge in [-0.2, -0.15) is 0 Å². The van der Waals surface area contributed by atoms with Gasteiger partial charge in [-0.3, -0.25) is 4.79 Å². The number of para-hydroxylation sites is 1. The van der Waals surface area contributed by atoms with Gasteiger partial charge in [0.2, 0.25) is 0 Å². The summed E-state index contributed by atoms with van der Waals surface area (Å²) >= 11 is 0. The minimum atomic E-state index is -0.127. The fourth-order valence-electron chi connectivity index (χ4n) is 2.15. The molecule has 0 fully saturated rings. The van der Waals surface area contributed by atoms with Gasteiger partial charge in [0.05, 0.1) is 6.61 Å². The standard InChI is InChI=1S/C17H20N2O2/c1-21-12-15-6-2-3-8-16(15)19-17(20)14-7-4-5-13(11-14)9-10-18/h2-8,11H,9-10,12,18H2,1H3,(H,19,20). The molecule has 0 radical (unpaired) electrons. The highest BCUT2D eigenvalue weighted by Gasteiger charge is 2.09. The summed E-state index contributed by atoms with van der Waals surface area (Å²) in [5.41, 5.74) is 8.97. The van der Waals surface area contributed by atoms with Gasteiger partial charge < -0.3 is 15.8 Å². The number of benzene rings is 2. The van der Waals surface area contributed by atoms with Gasteiger partial charge in [0.25, 0.3) is 5.91 Å². The largest absolute Gasteiger partial charge is 0.380 e. The predicted octanol–water partition coefficient (Wildman–Crippen LogP) is 2.59. The lowest BCUT2D eigenvalue weighted by molar-refractivity contribution is 0.102. The Morgan fingerprint density at radius 3 is 2.76 bits per heavy atom. The quantitative estimate of drug-likeness (QED) is 0.857. The average Bonchev–Trinajstić information content (AvgIpc) is 2.50. The van der Waals surface area contributed by atoms with Crippen molar-refractivity contribution < 1.29 is 9.53 Å². The van der Waals surface area contributed by atoms with Crippen LogP contribution < -0.4 is 11.1 Å². The molecular weight excluding hydrogens is 264 g/mol. The molecule has 0 unspecified atom stereocenters. The van der Waals surface area contributed by atoms with Gasteiger partial charge in [0.15, 0.2) is 0 Å². The summed E-state index contributed by atoms with van der Waals surface area (Å²) in [5.74, 6) is -0.127. The number of carbonyl (C=O) groups is 1. The molecule has 2 rings (SSSR count). The van der Waals surface area contributed by atoms with Crippen LogP contribution in [0.15, 0.2) is 48.5 Å². The summed E-state index contributed by atoms with van der Waals surface area (Å²) in [6, 6.07) is 15.1. The number of nitrogens with two attached hydrogens (primary N) is 1. The molecule has 0 aliphatic carbocycles. The third-order valence-corrected chi connectivity index (χ3v) is 3.19. The highest BCUT2D eigenvalue weighted by molar-refractivity contribution is 6.04. The fourth-order valence-corrected chi connectivity index (χ4v) is 2.15. The Balaban J connectivity index is 2.16. The van der Waals surface area contributed by atoms with Gasteiger partial charge >= 0.3 is 0 Å². The van der Waals surface area contributed by atoms with Crippen LogP contribution in [0, 0.1) is 0 Å². The Morgan fingerprint density at radius 2 is 2.00 bits per heavy atom. The van der Waals surface area contributed by atoms with Crippen LogP contribution in [-0.4, -0.2) is 19.6 Å². The monoisotopic (exact) mass is 284 g/mol. The second-order valence-electron chi connectivity index (χ2n) is 4.78. The number of carbonyl (C=O) groups excluding carboxylic acids is 1. The highest BCUT2D eigenvalue weighted by atomic mass is 16.5. The Hall–Kier alpha value is -2.17. The van der Waals surface area contributed by atoms with Gasteiger partial charge in [0.1, 0.15) is 0 Å². The molecule has 1 amide bonds. The molecule has 0 atom stereocenters. The number of nitrogens with one attached hydrogen (secondary N) is 1. The lowest BCUT2D eigenvalue weighted by atomic mass is 10.1. The number of hydrogen-bond donors (Lipinski definition) is 2. The first kappa shape index (κ1) is 15.2. The molecule has 4 heteroatoms. The van der Waals surface area contributed by atoms with Crippen molar-refractivity contribution in [2.45, 2.75) is 13.0 Å². The third-order valence-electron chi connectivity index (χ3n) is 3.19. The molecule has 2 aromatic carbocycles. The predicted molar refractivity (Wildman–Crippen MR) is 84.3 cm³/mol. The minimum absolute atomic E-state index is 0.127. The van der Waals surface area contributed by atoms with Crippen LogP contribution in [-0.2, 0) is 17.8 Å². The van der Waals surface area contributed by atoms with Crippen LogP contribution in [0.5, 0.6) is 0 Å². The average molecular weight is 284 g/mol. The second kappa shape index (κ2) is 7.57. The first-order valence-corrected chi connectivity index (χ1v) is 6.92. The number of hydrogen-bond acceptors (Lipinski definition) is 3. The molecule has 0 aliphatic rings. The van der Waals surface area contributed by atoms with E-state index in [1.54, 1.807) is 13.2 Å². The van der Waals surface area contributed by atoms with Crippen LogP contribution in [0.4, 0.5) is 5.69 Å². The van der Waals surface area contributed by atoms with E-state index in [1.165, 1.54) is 0 Å². The molecule has 0 aromatic heterocycles. The van der Waals surface area contributed by atoms with E-state index in [1.807, 2.05) is 42.5 Å². The number of amides is 1. The van der Waals surface area contributed by atoms with Crippen molar-refractivity contribution >= 4 is 11.6 Å². The second-order valence-corrected chi connectivity index (χ2v) is 4.78. The summed E-state index contributed by atoms with van der Waals surface area (Å²) in [7, 11) is 1.63. The van der Waals surface area contributed by atoms with Crippen molar-refractivity contribution in [2.24, 2.45) is 5.73 Å². The number of anilines is 1. The number of rotatable bonds is 6.